The minimum Gasteiger partial charge on any atom is -0.479 e. The lowest BCUT2D eigenvalue weighted by atomic mass is 9.46. The van der Waals surface area contributed by atoms with E-state index in [1.807, 2.05) is 43.3 Å². The minimum absolute atomic E-state index is 0.0136. The molecule has 3 aromatic rings. The van der Waals surface area contributed by atoms with Gasteiger partial charge in [0, 0.05) is 41.0 Å². The predicted molar refractivity (Wildman–Crippen MR) is 268 cm³/mol. The van der Waals surface area contributed by atoms with Gasteiger partial charge in [0.05, 0.1) is 23.2 Å². The van der Waals surface area contributed by atoms with Gasteiger partial charge in [0.2, 0.25) is 18.1 Å². The molecule has 0 radical (unpaired) electrons. The maximum absolute atomic E-state index is 14.0. The number of allylic oxidation sites excluding steroid dienone is 4. The van der Waals surface area contributed by atoms with Gasteiger partial charge in [-0.3, -0.25) is 24.5 Å². The zero-order valence-electron chi connectivity index (χ0n) is 41.1. The number of benzene rings is 3. The second-order valence-corrected chi connectivity index (χ2v) is 21.2. The lowest BCUT2D eigenvalue weighted by Gasteiger charge is -2.59. The number of ether oxygens (including phenoxy) is 5. The number of Topliss-reactive ketones (excluding diaryl/α,β-unsaturated/α-hetero) is 1. The lowest BCUT2D eigenvalue weighted by Crippen LogP contribution is -2.63. The van der Waals surface area contributed by atoms with Crippen molar-refractivity contribution in [1.82, 2.24) is 5.32 Å². The van der Waals surface area contributed by atoms with Gasteiger partial charge < -0.3 is 65.0 Å². The van der Waals surface area contributed by atoms with E-state index in [2.05, 4.69) is 38.8 Å². The Hall–Kier alpha value is -5.88. The molecule has 20 nitrogen and oxygen atoms in total. The second kappa shape index (κ2) is 21.6. The third kappa shape index (κ3) is 10.3. The van der Waals surface area contributed by atoms with Crippen molar-refractivity contribution in [3.05, 3.63) is 113 Å². The van der Waals surface area contributed by atoms with Crippen LogP contribution in [-0.2, 0) is 55.9 Å². The van der Waals surface area contributed by atoms with E-state index in [0.717, 1.165) is 23.1 Å². The fraction of sp³-hybridized carbons (Fsp3) is 0.481. The SMILES string of the molecule is C[C@]12C=CC(=O)C=C1CC[C@@H]1[C@@H]2[C@@H](O)C[C@@]2(C)[C@H]1C[C@H]1O[C@@H](c3ccc(Cc4cccc(NC(=O)OCc5ccc(O[C@@H]6O[C@H](C(=O)O)[C@@H](O)[C@H](O)[C@H]6O)c(NC(=O)CCNC(=O)CBr)c5)c4)cc3)O[C@]12C(=O)CO. The molecule has 4 aliphatic carbocycles. The second-order valence-electron chi connectivity index (χ2n) is 20.6. The van der Waals surface area contributed by atoms with Crippen LogP contribution in [0.4, 0.5) is 16.2 Å². The Morgan fingerprint density at radius 1 is 0.880 bits per heavy atom. The maximum Gasteiger partial charge on any atom is 0.411 e. The van der Waals surface area contributed by atoms with E-state index < -0.39 is 96.0 Å². The summed E-state index contributed by atoms with van der Waals surface area (Å²) >= 11 is 3.03. The molecular formula is C54H60BrN3O17. The minimum atomic E-state index is -1.96. The van der Waals surface area contributed by atoms with Gasteiger partial charge in [0.25, 0.3) is 0 Å². The molecule has 0 unspecified atom stereocenters. The van der Waals surface area contributed by atoms with Crippen molar-refractivity contribution in [3.63, 3.8) is 0 Å². The molecule has 3 amide bonds. The molecule has 0 spiro atoms. The first-order valence-electron chi connectivity index (χ1n) is 24.8. The van der Waals surface area contributed by atoms with Gasteiger partial charge >= 0.3 is 12.1 Å². The maximum atomic E-state index is 14.0. The van der Waals surface area contributed by atoms with Crippen molar-refractivity contribution in [2.45, 2.75) is 114 Å². The lowest BCUT2D eigenvalue weighted by molar-refractivity contribution is -0.271. The molecular weight excluding hydrogens is 1040 g/mol. The highest BCUT2D eigenvalue weighted by Gasteiger charge is 2.76. The quantitative estimate of drug-likeness (QED) is 0.0923. The van der Waals surface area contributed by atoms with Crippen LogP contribution < -0.4 is 20.7 Å². The molecule has 14 atom stereocenters. The number of fused-ring (bicyclic) bond motifs is 7. The monoisotopic (exact) mass is 1100 g/mol. The first-order valence-corrected chi connectivity index (χ1v) is 26.0. The fourth-order valence-electron chi connectivity index (χ4n) is 12.6. The molecule has 2 saturated heterocycles. The predicted octanol–water partition coefficient (Wildman–Crippen LogP) is 3.74. The highest BCUT2D eigenvalue weighted by Crippen LogP contribution is 2.70. The average molecular weight is 1100 g/mol. The van der Waals surface area contributed by atoms with Crippen LogP contribution in [0.3, 0.4) is 0 Å². The van der Waals surface area contributed by atoms with Crippen molar-refractivity contribution in [3.8, 4) is 5.75 Å². The molecule has 75 heavy (non-hydrogen) atoms. The number of carbonyl (C=O) groups is 6. The van der Waals surface area contributed by atoms with E-state index in [9.17, 15) is 59.4 Å². The number of rotatable bonds is 16. The van der Waals surface area contributed by atoms with Crippen molar-refractivity contribution in [2.24, 2.45) is 28.6 Å². The number of amides is 3. The number of nitrogens with one attached hydrogen (secondary N) is 3. The molecule has 5 fully saturated rings. The molecule has 2 heterocycles. The summed E-state index contributed by atoms with van der Waals surface area (Å²) in [6.07, 6.45) is -4.89. The molecule has 0 aromatic heterocycles. The standard InChI is InChI=1S/C54H60BrN3O17/c1-52-16-14-33(60)21-31(52)11-12-34-35-22-40-54(39(62)25-59,53(35,2)23-37(61)43(34)52)75-49(73-40)30-9-6-27(7-10-30)18-28-4-3-5-32(19-28)57-51(70)71-26-29-8-13-38(36(20-29)58-41(63)15-17-56-42(64)24-55)72-50-46(67)44(65)45(66)47(74-50)48(68)69/h3-10,13-14,16,19-21,34-35,37,40,43-47,49-50,59,61,65-67H,11-12,15,17-18,22-26H2,1-2H3,(H,56,64)(H,57,70)(H,58,63)(H,68,69)/t34-,35-,37-,40+,43+,44-,45-,46+,47-,49+,50+,52-,53-,54+/m0/s1. The number of aliphatic hydroxyl groups is 5. The Bertz CT molecular complexity index is 2790. The summed E-state index contributed by atoms with van der Waals surface area (Å²) in [6.45, 7) is 3.04. The van der Waals surface area contributed by atoms with Crippen LogP contribution in [-0.4, -0.2) is 133 Å². The number of aliphatic carboxylic acids is 1. The number of hydrogen-bond donors (Lipinski definition) is 9. The van der Waals surface area contributed by atoms with Crippen LogP contribution in [0.1, 0.15) is 74.5 Å². The molecule has 2 aliphatic heterocycles. The third-order valence-electron chi connectivity index (χ3n) is 16.2. The third-order valence-corrected chi connectivity index (χ3v) is 16.7. The van der Waals surface area contributed by atoms with Crippen LogP contribution >= 0.6 is 15.9 Å². The van der Waals surface area contributed by atoms with Crippen molar-refractivity contribution in [2.75, 3.05) is 29.1 Å². The Morgan fingerprint density at radius 3 is 2.37 bits per heavy atom. The number of carbonyl (C=O) groups excluding carboxylic acids is 5. The van der Waals surface area contributed by atoms with Crippen LogP contribution in [0.2, 0.25) is 0 Å². The molecule has 0 bridgehead atoms. The Labute approximate surface area is 439 Å². The number of hydrogen-bond acceptors (Lipinski definition) is 16. The summed E-state index contributed by atoms with van der Waals surface area (Å²) in [5.74, 6) is -3.35. The van der Waals surface area contributed by atoms with E-state index in [-0.39, 0.29) is 72.2 Å². The smallest absolute Gasteiger partial charge is 0.411 e. The van der Waals surface area contributed by atoms with Gasteiger partial charge in [0.1, 0.15) is 37.3 Å². The van der Waals surface area contributed by atoms with Crippen molar-refractivity contribution < 1.29 is 83.1 Å². The Morgan fingerprint density at radius 2 is 1.64 bits per heavy atom. The summed E-state index contributed by atoms with van der Waals surface area (Å²) in [5.41, 5.74) is 1.46. The number of carboxylic acid groups (broad SMARTS) is 1. The van der Waals surface area contributed by atoms with Crippen molar-refractivity contribution >= 4 is 62.7 Å². The van der Waals surface area contributed by atoms with Crippen LogP contribution in [0, 0.1) is 28.6 Å². The molecule has 400 valence electrons. The van der Waals surface area contributed by atoms with Gasteiger partial charge in [-0.2, -0.15) is 0 Å². The van der Waals surface area contributed by atoms with Crippen molar-refractivity contribution in [1.29, 1.82) is 0 Å². The first kappa shape index (κ1) is 53.9. The van der Waals surface area contributed by atoms with E-state index in [4.69, 9.17) is 23.7 Å². The molecule has 3 saturated carbocycles. The molecule has 9 rings (SSSR count). The Balaban J connectivity index is 0.826. The molecule has 21 heteroatoms. The number of halogens is 1. The summed E-state index contributed by atoms with van der Waals surface area (Å²) in [5, 5.41) is 70.7. The summed E-state index contributed by atoms with van der Waals surface area (Å²) in [4.78, 5) is 75.7. The zero-order valence-corrected chi connectivity index (χ0v) is 42.6. The van der Waals surface area contributed by atoms with E-state index >= 15 is 0 Å². The van der Waals surface area contributed by atoms with E-state index in [1.165, 1.54) is 18.2 Å². The van der Waals surface area contributed by atoms with E-state index in [1.54, 1.807) is 30.4 Å². The van der Waals surface area contributed by atoms with Gasteiger partial charge in [-0.15, -0.1) is 0 Å². The van der Waals surface area contributed by atoms with Gasteiger partial charge in [-0.1, -0.05) is 83.9 Å². The summed E-state index contributed by atoms with van der Waals surface area (Å²) < 4.78 is 29.9. The number of ketones is 2. The molecule has 9 N–H and O–H groups in total. The average Bonchev–Trinajstić information content (AvgIpc) is 3.89. The summed E-state index contributed by atoms with van der Waals surface area (Å²) in [6, 6.07) is 18.9. The van der Waals surface area contributed by atoms with Crippen LogP contribution in [0.15, 0.2) is 90.5 Å². The van der Waals surface area contributed by atoms with Crippen LogP contribution in [0.25, 0.3) is 0 Å². The van der Waals surface area contributed by atoms with Gasteiger partial charge in [-0.05, 0) is 97.0 Å². The fourth-order valence-corrected chi connectivity index (χ4v) is 12.8. The number of anilines is 2. The first-order chi connectivity index (χ1) is 35.8. The highest BCUT2D eigenvalue weighted by atomic mass is 79.9. The number of aliphatic hydroxyl groups excluding tert-OH is 5. The van der Waals surface area contributed by atoms with Crippen LogP contribution in [0.5, 0.6) is 5.75 Å². The van der Waals surface area contributed by atoms with Gasteiger partial charge in [-0.25, -0.2) is 9.59 Å². The molecule has 3 aromatic carbocycles. The number of alkyl halides is 1. The molecule has 6 aliphatic rings. The summed E-state index contributed by atoms with van der Waals surface area (Å²) in [7, 11) is 0. The highest BCUT2D eigenvalue weighted by molar-refractivity contribution is 9.09. The number of carboxylic acids is 1. The zero-order chi connectivity index (χ0) is 53.6. The van der Waals surface area contributed by atoms with E-state index in [0.29, 0.717) is 36.1 Å². The Kier molecular flexibility index (Phi) is 15.6. The normalized spacial score (nSPS) is 33.4. The van der Waals surface area contributed by atoms with Gasteiger partial charge in [0.15, 0.2) is 29.6 Å². The largest absolute Gasteiger partial charge is 0.479 e. The topological polar surface area (TPSA) is 306 Å².